The zero-order valence-corrected chi connectivity index (χ0v) is 10.6. The largest absolute Gasteiger partial charge is 0.467 e. The van der Waals surface area contributed by atoms with Crippen LogP contribution in [0.2, 0.25) is 5.02 Å². The fraction of sp³-hybridized carbons (Fsp3) is 0.444. The molecule has 0 radical (unpaired) electrons. The standard InChI is InChI=1S/C9H11ClN2O3S/c1-5(9(14)15-2)12-8(13)7(10)6(16-3)4-11-12/h4-5H,1-3H3. The van der Waals surface area contributed by atoms with Crippen LogP contribution < -0.4 is 5.56 Å². The molecule has 1 heterocycles. The third-order valence-corrected chi connectivity index (χ3v) is 3.27. The van der Waals surface area contributed by atoms with Crippen molar-refractivity contribution in [2.75, 3.05) is 13.4 Å². The predicted molar refractivity (Wildman–Crippen MR) is 62.0 cm³/mol. The second-order valence-corrected chi connectivity index (χ2v) is 4.20. The van der Waals surface area contributed by atoms with Crippen LogP contribution in [-0.4, -0.2) is 29.1 Å². The Kier molecular flexibility index (Phi) is 4.37. The summed E-state index contributed by atoms with van der Waals surface area (Å²) in [6, 6.07) is -0.786. The third-order valence-electron chi connectivity index (χ3n) is 2.04. The van der Waals surface area contributed by atoms with Gasteiger partial charge in [0.05, 0.1) is 18.2 Å². The molecule has 0 spiro atoms. The zero-order valence-electron chi connectivity index (χ0n) is 9.06. The van der Waals surface area contributed by atoms with E-state index in [1.54, 1.807) is 6.26 Å². The van der Waals surface area contributed by atoms with E-state index in [1.807, 2.05) is 0 Å². The molecule has 1 atom stereocenters. The van der Waals surface area contributed by atoms with E-state index >= 15 is 0 Å². The summed E-state index contributed by atoms with van der Waals surface area (Å²) in [5.74, 6) is -0.539. The summed E-state index contributed by atoms with van der Waals surface area (Å²) in [5.41, 5.74) is -0.494. The van der Waals surface area contributed by atoms with E-state index in [2.05, 4.69) is 9.84 Å². The van der Waals surface area contributed by atoms with E-state index in [0.717, 1.165) is 4.68 Å². The molecule has 1 unspecified atom stereocenters. The van der Waals surface area contributed by atoms with Gasteiger partial charge in [-0.15, -0.1) is 11.8 Å². The Labute approximate surface area is 102 Å². The fourth-order valence-corrected chi connectivity index (χ4v) is 1.90. The van der Waals surface area contributed by atoms with Crippen molar-refractivity contribution in [1.82, 2.24) is 9.78 Å². The summed E-state index contributed by atoms with van der Waals surface area (Å²) >= 11 is 7.16. The first-order chi connectivity index (χ1) is 7.52. The van der Waals surface area contributed by atoms with Gasteiger partial charge in [0.2, 0.25) is 0 Å². The van der Waals surface area contributed by atoms with Gasteiger partial charge in [-0.05, 0) is 13.2 Å². The van der Waals surface area contributed by atoms with Gasteiger partial charge in [0.25, 0.3) is 5.56 Å². The minimum Gasteiger partial charge on any atom is -0.467 e. The summed E-state index contributed by atoms with van der Waals surface area (Å²) in [6.07, 6.45) is 3.24. The molecule has 88 valence electrons. The molecule has 5 nitrogen and oxygen atoms in total. The van der Waals surface area contributed by atoms with Gasteiger partial charge in [-0.2, -0.15) is 5.10 Å². The average molecular weight is 263 g/mol. The van der Waals surface area contributed by atoms with Crippen molar-refractivity contribution in [3.63, 3.8) is 0 Å². The van der Waals surface area contributed by atoms with E-state index in [4.69, 9.17) is 11.6 Å². The van der Waals surface area contributed by atoms with Crippen LogP contribution in [0, 0.1) is 0 Å². The quantitative estimate of drug-likeness (QED) is 0.608. The van der Waals surface area contributed by atoms with Crippen LogP contribution in [0.3, 0.4) is 0 Å². The lowest BCUT2D eigenvalue weighted by Gasteiger charge is -2.12. The molecule has 0 N–H and O–H groups in total. The third kappa shape index (κ3) is 2.38. The predicted octanol–water partition coefficient (Wildman–Crippen LogP) is 1.35. The Balaban J connectivity index is 3.22. The molecule has 0 saturated heterocycles. The molecule has 1 aromatic rings. The first-order valence-electron chi connectivity index (χ1n) is 4.42. The lowest BCUT2D eigenvalue weighted by Crippen LogP contribution is -2.31. The van der Waals surface area contributed by atoms with Gasteiger partial charge in [-0.3, -0.25) is 4.79 Å². The van der Waals surface area contributed by atoms with E-state index in [-0.39, 0.29) is 5.02 Å². The second kappa shape index (κ2) is 5.36. The molecular formula is C9H11ClN2O3S. The highest BCUT2D eigenvalue weighted by molar-refractivity contribution is 7.98. The Morgan fingerprint density at radius 3 is 2.81 bits per heavy atom. The van der Waals surface area contributed by atoms with Crippen molar-refractivity contribution in [1.29, 1.82) is 0 Å². The van der Waals surface area contributed by atoms with Crippen LogP contribution in [0.1, 0.15) is 13.0 Å². The number of esters is 1. The number of nitrogens with zero attached hydrogens (tertiary/aromatic N) is 2. The highest BCUT2D eigenvalue weighted by Crippen LogP contribution is 2.20. The van der Waals surface area contributed by atoms with Gasteiger partial charge in [-0.1, -0.05) is 11.6 Å². The number of hydrogen-bond donors (Lipinski definition) is 0. The van der Waals surface area contributed by atoms with Crippen molar-refractivity contribution in [2.24, 2.45) is 0 Å². The van der Waals surface area contributed by atoms with E-state index in [1.165, 1.54) is 32.0 Å². The van der Waals surface area contributed by atoms with Crippen LogP contribution >= 0.6 is 23.4 Å². The minimum absolute atomic E-state index is 0.0678. The van der Waals surface area contributed by atoms with Crippen LogP contribution in [0.5, 0.6) is 0 Å². The number of carbonyl (C=O) groups excluding carboxylic acids is 1. The lowest BCUT2D eigenvalue weighted by molar-refractivity contribution is -0.144. The first-order valence-corrected chi connectivity index (χ1v) is 6.02. The maximum Gasteiger partial charge on any atom is 0.330 e. The molecular weight excluding hydrogens is 252 g/mol. The van der Waals surface area contributed by atoms with Crippen molar-refractivity contribution in [2.45, 2.75) is 17.9 Å². The smallest absolute Gasteiger partial charge is 0.330 e. The number of aromatic nitrogens is 2. The van der Waals surface area contributed by atoms with Crippen LogP contribution in [0.15, 0.2) is 15.9 Å². The summed E-state index contributed by atoms with van der Waals surface area (Å²) in [4.78, 5) is 23.6. The number of methoxy groups -OCH3 is 1. The molecule has 0 aliphatic rings. The van der Waals surface area contributed by atoms with Gasteiger partial charge in [0, 0.05) is 0 Å². The highest BCUT2D eigenvalue weighted by atomic mass is 35.5. The van der Waals surface area contributed by atoms with Gasteiger partial charge in [-0.25, -0.2) is 9.48 Å². The van der Waals surface area contributed by atoms with Gasteiger partial charge in [0.1, 0.15) is 5.02 Å². The average Bonchev–Trinajstić information content (AvgIpc) is 2.30. The summed E-state index contributed by atoms with van der Waals surface area (Å²) in [5, 5.41) is 3.94. The van der Waals surface area contributed by atoms with Crippen LogP contribution in [-0.2, 0) is 9.53 Å². The molecule has 0 fully saturated rings. The number of rotatable bonds is 3. The molecule has 0 aliphatic heterocycles. The number of halogens is 1. The number of hydrogen-bond acceptors (Lipinski definition) is 5. The molecule has 1 rings (SSSR count). The van der Waals surface area contributed by atoms with E-state index in [9.17, 15) is 9.59 Å². The summed E-state index contributed by atoms with van der Waals surface area (Å²) in [6.45, 7) is 1.52. The molecule has 7 heteroatoms. The SMILES string of the molecule is COC(=O)C(C)n1ncc(SC)c(Cl)c1=O. The molecule has 1 aromatic heterocycles. The van der Waals surface area contributed by atoms with Crippen molar-refractivity contribution in [3.05, 3.63) is 21.6 Å². The zero-order chi connectivity index (χ0) is 12.3. The van der Waals surface area contributed by atoms with Gasteiger partial charge >= 0.3 is 5.97 Å². The Hall–Kier alpha value is -1.01. The van der Waals surface area contributed by atoms with Crippen molar-refractivity contribution >= 4 is 29.3 Å². The van der Waals surface area contributed by atoms with E-state index in [0.29, 0.717) is 4.90 Å². The molecule has 0 amide bonds. The van der Waals surface area contributed by atoms with Crippen LogP contribution in [0.25, 0.3) is 0 Å². The van der Waals surface area contributed by atoms with Gasteiger partial charge < -0.3 is 4.74 Å². The molecule has 0 aliphatic carbocycles. The monoisotopic (exact) mass is 262 g/mol. The Morgan fingerprint density at radius 1 is 1.69 bits per heavy atom. The normalized spacial score (nSPS) is 12.2. The van der Waals surface area contributed by atoms with Crippen molar-refractivity contribution in [3.8, 4) is 0 Å². The highest BCUT2D eigenvalue weighted by Gasteiger charge is 2.19. The maximum absolute atomic E-state index is 11.8. The first kappa shape index (κ1) is 13.1. The topological polar surface area (TPSA) is 61.2 Å². The van der Waals surface area contributed by atoms with E-state index < -0.39 is 17.6 Å². The lowest BCUT2D eigenvalue weighted by atomic mass is 10.3. The second-order valence-electron chi connectivity index (χ2n) is 2.98. The number of ether oxygens (including phenoxy) is 1. The summed E-state index contributed by atoms with van der Waals surface area (Å²) in [7, 11) is 1.25. The fourth-order valence-electron chi connectivity index (χ4n) is 1.12. The number of thioether (sulfide) groups is 1. The molecule has 0 aromatic carbocycles. The Bertz CT molecular complexity index is 461. The van der Waals surface area contributed by atoms with Gasteiger partial charge in [0.15, 0.2) is 6.04 Å². The molecule has 0 bridgehead atoms. The minimum atomic E-state index is -0.786. The van der Waals surface area contributed by atoms with Crippen LogP contribution in [0.4, 0.5) is 0 Å². The van der Waals surface area contributed by atoms with Crippen molar-refractivity contribution < 1.29 is 9.53 Å². The maximum atomic E-state index is 11.8. The summed E-state index contributed by atoms with van der Waals surface area (Å²) < 4.78 is 5.54. The Morgan fingerprint density at radius 2 is 2.31 bits per heavy atom. The number of carbonyl (C=O) groups is 1. The molecule has 0 saturated carbocycles. The molecule has 16 heavy (non-hydrogen) atoms.